The third-order valence-corrected chi connectivity index (χ3v) is 5.32. The second-order valence-electron chi connectivity index (χ2n) is 6.79. The minimum absolute atomic E-state index is 0.0296. The fraction of sp³-hybridized carbons (Fsp3) is 0.625. The summed E-state index contributed by atoms with van der Waals surface area (Å²) in [4.78, 5) is 11.9. The van der Waals surface area contributed by atoms with Crippen LogP contribution in [0, 0.1) is 17.3 Å². The van der Waals surface area contributed by atoms with Crippen molar-refractivity contribution in [3.05, 3.63) is 29.6 Å². The van der Waals surface area contributed by atoms with Gasteiger partial charge in [-0.25, -0.2) is 4.68 Å². The molecule has 3 aliphatic carbocycles. The smallest absolute Gasteiger partial charge is 0.333 e. The maximum absolute atomic E-state index is 12.4. The summed E-state index contributed by atoms with van der Waals surface area (Å²) in [6, 6.07) is 1.31. The fourth-order valence-electron chi connectivity index (χ4n) is 3.74. The Morgan fingerprint density at radius 3 is 2.91 bits per heavy atom. The molecule has 0 spiro atoms. The summed E-state index contributed by atoms with van der Waals surface area (Å²) in [6.07, 6.45) is 6.63. The Hall–Kier alpha value is -1.72. The molecule has 1 aromatic heterocycles. The number of aromatic nitrogens is 2. The van der Waals surface area contributed by atoms with Crippen molar-refractivity contribution in [2.45, 2.75) is 39.7 Å². The second-order valence-corrected chi connectivity index (χ2v) is 6.79. The predicted octanol–water partition coefficient (Wildman–Crippen LogP) is 3.39. The van der Waals surface area contributed by atoms with Gasteiger partial charge in [0.25, 0.3) is 5.91 Å². The van der Waals surface area contributed by atoms with Crippen LogP contribution in [0.15, 0.2) is 23.9 Å². The van der Waals surface area contributed by atoms with Gasteiger partial charge in [-0.05, 0) is 42.6 Å². The molecule has 0 aromatic carbocycles. The number of amides is 1. The second kappa shape index (κ2) is 5.48. The van der Waals surface area contributed by atoms with E-state index in [-0.39, 0.29) is 5.69 Å². The number of fused-ring (bicyclic) bond motifs is 1. The number of carbonyl (C=O) groups excluding carboxylic acids is 1. The minimum atomic E-state index is -2.72. The molecule has 4 nitrogen and oxygen atoms in total. The van der Waals surface area contributed by atoms with Crippen molar-refractivity contribution >= 4 is 5.91 Å². The molecule has 1 saturated carbocycles. The van der Waals surface area contributed by atoms with Crippen LogP contribution in [0.1, 0.15) is 50.1 Å². The van der Waals surface area contributed by atoms with Crippen molar-refractivity contribution in [3.63, 3.8) is 0 Å². The lowest BCUT2D eigenvalue weighted by atomic mass is 9.48. The van der Waals surface area contributed by atoms with Crippen LogP contribution in [0.4, 0.5) is 8.78 Å². The van der Waals surface area contributed by atoms with Gasteiger partial charge >= 0.3 is 6.55 Å². The third kappa shape index (κ3) is 2.55. The number of halogens is 2. The minimum Gasteiger partial charge on any atom is -0.350 e. The summed E-state index contributed by atoms with van der Waals surface area (Å²) >= 11 is 0. The Bertz CT molecular complexity index is 606. The molecule has 1 N–H and O–H groups in total. The average molecular weight is 309 g/mol. The van der Waals surface area contributed by atoms with Crippen LogP contribution in [0.5, 0.6) is 0 Å². The highest BCUT2D eigenvalue weighted by Gasteiger charge is 2.50. The van der Waals surface area contributed by atoms with E-state index in [2.05, 4.69) is 30.3 Å². The monoisotopic (exact) mass is 309 g/mol. The molecule has 4 rings (SSSR count). The van der Waals surface area contributed by atoms with Gasteiger partial charge in [0, 0.05) is 12.7 Å². The van der Waals surface area contributed by atoms with Gasteiger partial charge in [-0.15, -0.1) is 0 Å². The molecule has 0 radical (unpaired) electrons. The van der Waals surface area contributed by atoms with Crippen LogP contribution in [0.25, 0.3) is 0 Å². The summed E-state index contributed by atoms with van der Waals surface area (Å²) in [5, 5.41) is 6.32. The molecule has 2 atom stereocenters. The van der Waals surface area contributed by atoms with E-state index in [1.807, 2.05) is 0 Å². The highest BCUT2D eigenvalue weighted by molar-refractivity contribution is 5.92. The zero-order valence-electron chi connectivity index (χ0n) is 12.9. The molecule has 2 bridgehead atoms. The van der Waals surface area contributed by atoms with Crippen molar-refractivity contribution in [1.82, 2.24) is 15.1 Å². The lowest BCUT2D eigenvalue weighted by Gasteiger charge is -2.56. The number of hydrogen-bond donors (Lipinski definition) is 1. The SMILES string of the molecule is CC1(C)[C@H]2CC=C(CCNC(=O)c3ccn(C(F)F)n3)[C@@H]1C2. The summed E-state index contributed by atoms with van der Waals surface area (Å²) in [7, 11) is 0. The van der Waals surface area contributed by atoms with Crippen molar-refractivity contribution in [1.29, 1.82) is 0 Å². The van der Waals surface area contributed by atoms with E-state index in [1.54, 1.807) is 0 Å². The molecule has 0 saturated heterocycles. The normalized spacial score (nSPS) is 25.6. The van der Waals surface area contributed by atoms with Crippen LogP contribution in [-0.2, 0) is 0 Å². The summed E-state index contributed by atoms with van der Waals surface area (Å²) in [5.41, 5.74) is 1.83. The highest BCUT2D eigenvalue weighted by atomic mass is 19.3. The Balaban J connectivity index is 1.51. The molecule has 0 aliphatic heterocycles. The van der Waals surface area contributed by atoms with Gasteiger partial charge in [-0.2, -0.15) is 13.9 Å². The molecule has 120 valence electrons. The summed E-state index contributed by atoms with van der Waals surface area (Å²) in [6.45, 7) is 2.43. The van der Waals surface area contributed by atoms with E-state index in [0.29, 0.717) is 22.6 Å². The molecule has 3 aliphatic rings. The number of rotatable bonds is 5. The Kier molecular flexibility index (Phi) is 3.78. The van der Waals surface area contributed by atoms with Gasteiger partial charge in [0.2, 0.25) is 0 Å². The maximum Gasteiger partial charge on any atom is 0.333 e. The van der Waals surface area contributed by atoms with Crippen LogP contribution in [-0.4, -0.2) is 22.2 Å². The number of nitrogens with one attached hydrogen (secondary N) is 1. The molecular weight excluding hydrogens is 288 g/mol. The number of allylic oxidation sites excluding steroid dienone is 1. The van der Waals surface area contributed by atoms with Gasteiger partial charge in [0.15, 0.2) is 0 Å². The molecule has 1 aromatic rings. The Morgan fingerprint density at radius 2 is 2.32 bits per heavy atom. The first-order chi connectivity index (χ1) is 10.4. The zero-order chi connectivity index (χ0) is 15.9. The van der Waals surface area contributed by atoms with E-state index in [1.165, 1.54) is 18.1 Å². The van der Waals surface area contributed by atoms with Crippen molar-refractivity contribution < 1.29 is 13.6 Å². The van der Waals surface area contributed by atoms with E-state index in [4.69, 9.17) is 0 Å². The molecule has 22 heavy (non-hydrogen) atoms. The molecule has 6 heteroatoms. The summed E-state index contributed by atoms with van der Waals surface area (Å²) in [5.74, 6) is 1.02. The lowest BCUT2D eigenvalue weighted by Crippen LogP contribution is -2.48. The van der Waals surface area contributed by atoms with Crippen LogP contribution >= 0.6 is 0 Å². The Labute approximate surface area is 128 Å². The number of carbonyl (C=O) groups is 1. The topological polar surface area (TPSA) is 46.9 Å². The third-order valence-electron chi connectivity index (χ3n) is 5.32. The van der Waals surface area contributed by atoms with Crippen molar-refractivity contribution in [3.8, 4) is 0 Å². The average Bonchev–Trinajstić information content (AvgIpc) is 2.97. The highest BCUT2D eigenvalue weighted by Crippen LogP contribution is 2.59. The first-order valence-corrected chi connectivity index (χ1v) is 7.70. The van der Waals surface area contributed by atoms with Crippen molar-refractivity contribution in [2.24, 2.45) is 17.3 Å². The van der Waals surface area contributed by atoms with E-state index < -0.39 is 12.5 Å². The number of alkyl halides is 2. The van der Waals surface area contributed by atoms with E-state index in [9.17, 15) is 13.6 Å². The molecule has 1 fully saturated rings. The van der Waals surface area contributed by atoms with Crippen LogP contribution < -0.4 is 5.32 Å². The van der Waals surface area contributed by atoms with Crippen molar-refractivity contribution in [2.75, 3.05) is 6.54 Å². The fourth-order valence-corrected chi connectivity index (χ4v) is 3.74. The first kappa shape index (κ1) is 15.2. The van der Waals surface area contributed by atoms with Gasteiger partial charge in [0.1, 0.15) is 5.69 Å². The van der Waals surface area contributed by atoms with Crippen LogP contribution in [0.3, 0.4) is 0 Å². The van der Waals surface area contributed by atoms with Gasteiger partial charge in [-0.1, -0.05) is 25.5 Å². The maximum atomic E-state index is 12.4. The first-order valence-electron chi connectivity index (χ1n) is 7.70. The predicted molar refractivity (Wildman–Crippen MR) is 78.5 cm³/mol. The Morgan fingerprint density at radius 1 is 1.55 bits per heavy atom. The summed E-state index contributed by atoms with van der Waals surface area (Å²) < 4.78 is 25.3. The molecule has 0 unspecified atom stereocenters. The molecule has 1 amide bonds. The van der Waals surface area contributed by atoms with E-state index in [0.717, 1.165) is 25.0 Å². The van der Waals surface area contributed by atoms with Gasteiger partial charge in [0.05, 0.1) is 0 Å². The standard InChI is InChI=1S/C16H21F2N3O/c1-16(2)11-4-3-10(12(16)9-11)5-7-19-14(22)13-6-8-21(20-13)15(17)18/h3,6,8,11-12,15H,4-5,7,9H2,1-2H3,(H,19,22)/t11-,12-/m0/s1. The number of nitrogens with zero attached hydrogens (tertiary/aromatic N) is 2. The molecular formula is C16H21F2N3O. The lowest BCUT2D eigenvalue weighted by molar-refractivity contribution is -0.00811. The van der Waals surface area contributed by atoms with Gasteiger partial charge in [-0.3, -0.25) is 4.79 Å². The number of hydrogen-bond acceptors (Lipinski definition) is 2. The molecule has 1 heterocycles. The zero-order valence-corrected chi connectivity index (χ0v) is 12.9. The van der Waals surface area contributed by atoms with Gasteiger partial charge < -0.3 is 5.32 Å². The largest absolute Gasteiger partial charge is 0.350 e. The van der Waals surface area contributed by atoms with E-state index >= 15 is 0 Å². The quantitative estimate of drug-likeness (QED) is 0.848. The van der Waals surface area contributed by atoms with Crippen LogP contribution in [0.2, 0.25) is 0 Å².